The van der Waals surface area contributed by atoms with Gasteiger partial charge in [0.1, 0.15) is 16.9 Å². The molecule has 0 aromatic carbocycles. The molecule has 3 saturated heterocycles. The van der Waals surface area contributed by atoms with E-state index in [1.54, 1.807) is 4.68 Å². The van der Waals surface area contributed by atoms with Crippen molar-refractivity contribution in [1.29, 1.82) is 0 Å². The highest BCUT2D eigenvalue weighted by molar-refractivity contribution is 9.10. The number of aryl methyl sites for hydroxylation is 1. The van der Waals surface area contributed by atoms with Crippen LogP contribution in [0, 0.1) is 0 Å². The number of fused-ring (bicyclic) bond motifs is 3. The van der Waals surface area contributed by atoms with Gasteiger partial charge in [0.15, 0.2) is 4.60 Å². The van der Waals surface area contributed by atoms with Gasteiger partial charge in [-0.3, -0.25) is 4.68 Å². The molecule has 2 bridgehead atoms. The second kappa shape index (κ2) is 4.07. The predicted octanol–water partition coefficient (Wildman–Crippen LogP) is 2.36. The number of aromatic nitrogens is 3. The predicted molar refractivity (Wildman–Crippen MR) is 76.7 cm³/mol. The maximum atomic E-state index is 6.37. The number of pyridine rings is 1. The van der Waals surface area contributed by atoms with Crippen LogP contribution in [-0.2, 0) is 11.8 Å². The minimum atomic E-state index is 0.354. The Bertz CT molecular complexity index is 657. The zero-order valence-electron chi connectivity index (χ0n) is 10.3. The largest absolute Gasteiger partial charge is 0.371 e. The Hall–Kier alpha value is -0.850. The fourth-order valence-electron chi connectivity index (χ4n) is 2.88. The van der Waals surface area contributed by atoms with Gasteiger partial charge in [0.2, 0.25) is 0 Å². The molecule has 5 heterocycles. The highest BCUT2D eigenvalue weighted by Crippen LogP contribution is 2.34. The summed E-state index contributed by atoms with van der Waals surface area (Å²) < 4.78 is 8.12. The van der Waals surface area contributed by atoms with Gasteiger partial charge in [0, 0.05) is 32.6 Å². The van der Waals surface area contributed by atoms with Crippen LogP contribution in [0.15, 0.2) is 10.7 Å². The van der Waals surface area contributed by atoms with Crippen molar-refractivity contribution < 1.29 is 4.74 Å². The van der Waals surface area contributed by atoms with Gasteiger partial charge in [-0.25, -0.2) is 4.98 Å². The van der Waals surface area contributed by atoms with Crippen molar-refractivity contribution in [3.05, 3.63) is 15.7 Å². The summed E-state index contributed by atoms with van der Waals surface area (Å²) in [6.07, 6.45) is 1.88. The Kier molecular flexibility index (Phi) is 2.56. The van der Waals surface area contributed by atoms with E-state index in [0.717, 1.165) is 34.5 Å². The first kappa shape index (κ1) is 11.9. The highest BCUT2D eigenvalue weighted by Gasteiger charge is 2.38. The lowest BCUT2D eigenvalue weighted by Gasteiger charge is -2.47. The van der Waals surface area contributed by atoms with Gasteiger partial charge < -0.3 is 9.64 Å². The first-order chi connectivity index (χ1) is 9.11. The standard InChI is InChI=1S/C12H12BrClN4O/c1-17-11-8(14)3-9(15-10(11)12(13)16-17)18-4-6-2-7(5-18)19-6/h3,6-7H,2,4-5H2,1H3. The zero-order valence-corrected chi connectivity index (χ0v) is 12.6. The molecule has 3 aliphatic rings. The van der Waals surface area contributed by atoms with Gasteiger partial charge in [0.05, 0.1) is 17.2 Å². The Labute approximate surface area is 123 Å². The summed E-state index contributed by atoms with van der Waals surface area (Å²) >= 11 is 9.80. The monoisotopic (exact) mass is 342 g/mol. The van der Waals surface area contributed by atoms with Crippen LogP contribution >= 0.6 is 27.5 Å². The molecule has 5 rings (SSSR count). The van der Waals surface area contributed by atoms with E-state index in [1.807, 2.05) is 13.1 Å². The fourth-order valence-corrected chi connectivity index (χ4v) is 3.70. The first-order valence-corrected chi connectivity index (χ1v) is 7.38. The number of hydrogen-bond acceptors (Lipinski definition) is 4. The second-order valence-corrected chi connectivity index (χ2v) is 6.25. The lowest BCUT2D eigenvalue weighted by Crippen LogP contribution is -2.57. The zero-order chi connectivity index (χ0) is 13.1. The third-order valence-electron chi connectivity index (χ3n) is 3.77. The lowest BCUT2D eigenvalue weighted by atomic mass is 9.99. The molecule has 3 fully saturated rings. The molecule has 100 valence electrons. The molecule has 2 aromatic rings. The fraction of sp³-hybridized carbons (Fsp3) is 0.500. The van der Waals surface area contributed by atoms with Crippen LogP contribution in [-0.4, -0.2) is 40.1 Å². The van der Waals surface area contributed by atoms with E-state index < -0.39 is 0 Å². The van der Waals surface area contributed by atoms with E-state index in [4.69, 9.17) is 21.3 Å². The van der Waals surface area contributed by atoms with E-state index in [1.165, 1.54) is 6.42 Å². The Morgan fingerprint density at radius 1 is 1.42 bits per heavy atom. The average Bonchev–Trinajstić information content (AvgIpc) is 2.64. The average molecular weight is 344 g/mol. The van der Waals surface area contributed by atoms with Crippen molar-refractivity contribution in [2.45, 2.75) is 18.6 Å². The third kappa shape index (κ3) is 1.77. The minimum absolute atomic E-state index is 0.354. The molecular weight excluding hydrogens is 332 g/mol. The molecule has 19 heavy (non-hydrogen) atoms. The van der Waals surface area contributed by atoms with Crippen molar-refractivity contribution in [2.24, 2.45) is 7.05 Å². The number of halogens is 2. The van der Waals surface area contributed by atoms with Gasteiger partial charge in [-0.15, -0.1) is 0 Å². The van der Waals surface area contributed by atoms with Crippen molar-refractivity contribution in [3.63, 3.8) is 0 Å². The molecular formula is C12H12BrClN4O. The molecule has 3 aliphatic heterocycles. The van der Waals surface area contributed by atoms with E-state index >= 15 is 0 Å². The highest BCUT2D eigenvalue weighted by atomic mass is 79.9. The van der Waals surface area contributed by atoms with Gasteiger partial charge >= 0.3 is 0 Å². The van der Waals surface area contributed by atoms with Gasteiger partial charge in [-0.2, -0.15) is 5.10 Å². The van der Waals surface area contributed by atoms with Crippen LogP contribution in [0.3, 0.4) is 0 Å². The van der Waals surface area contributed by atoms with Crippen LogP contribution in [0.4, 0.5) is 5.82 Å². The normalized spacial score (nSPS) is 25.7. The van der Waals surface area contributed by atoms with Crippen LogP contribution < -0.4 is 4.90 Å². The molecule has 0 saturated carbocycles. The van der Waals surface area contributed by atoms with Crippen LogP contribution in [0.1, 0.15) is 6.42 Å². The number of morpholine rings is 1. The summed E-state index contributed by atoms with van der Waals surface area (Å²) in [5.74, 6) is 0.907. The number of nitrogens with zero attached hydrogens (tertiary/aromatic N) is 4. The summed E-state index contributed by atoms with van der Waals surface area (Å²) in [5.41, 5.74) is 1.67. The van der Waals surface area contributed by atoms with Crippen molar-refractivity contribution >= 4 is 44.4 Å². The smallest absolute Gasteiger partial charge is 0.154 e. The molecule has 5 nitrogen and oxygen atoms in total. The Morgan fingerprint density at radius 3 is 2.79 bits per heavy atom. The van der Waals surface area contributed by atoms with Gasteiger partial charge in [-0.05, 0) is 15.9 Å². The maximum absolute atomic E-state index is 6.37. The van der Waals surface area contributed by atoms with Crippen LogP contribution in [0.25, 0.3) is 11.0 Å². The van der Waals surface area contributed by atoms with Crippen molar-refractivity contribution in [2.75, 3.05) is 18.0 Å². The number of anilines is 1. The Balaban J connectivity index is 1.80. The molecule has 0 radical (unpaired) electrons. The summed E-state index contributed by atoms with van der Waals surface area (Å²) in [5, 5.41) is 4.99. The summed E-state index contributed by atoms with van der Waals surface area (Å²) in [4.78, 5) is 6.93. The van der Waals surface area contributed by atoms with E-state index in [-0.39, 0.29) is 0 Å². The molecule has 0 aliphatic carbocycles. The van der Waals surface area contributed by atoms with E-state index in [2.05, 4.69) is 25.9 Å². The van der Waals surface area contributed by atoms with Gasteiger partial charge in [-0.1, -0.05) is 11.6 Å². The first-order valence-electron chi connectivity index (χ1n) is 6.21. The molecule has 0 amide bonds. The van der Waals surface area contributed by atoms with Crippen molar-refractivity contribution in [1.82, 2.24) is 14.8 Å². The van der Waals surface area contributed by atoms with E-state index in [0.29, 0.717) is 17.2 Å². The number of ether oxygens (including phenoxy) is 1. The number of hydrogen-bond donors (Lipinski definition) is 0. The molecule has 0 spiro atoms. The molecule has 7 heteroatoms. The molecule has 2 atom stereocenters. The maximum Gasteiger partial charge on any atom is 0.154 e. The number of rotatable bonds is 1. The number of piperidine rings is 1. The van der Waals surface area contributed by atoms with Gasteiger partial charge in [0.25, 0.3) is 0 Å². The SMILES string of the molecule is Cn1nc(Br)c2nc(N3CC4CC(C3)O4)cc(Cl)c21. The molecule has 2 aromatic heterocycles. The second-order valence-electron chi connectivity index (χ2n) is 5.09. The van der Waals surface area contributed by atoms with Crippen molar-refractivity contribution in [3.8, 4) is 0 Å². The Morgan fingerprint density at radius 2 is 2.11 bits per heavy atom. The van der Waals surface area contributed by atoms with Crippen LogP contribution in [0.2, 0.25) is 5.02 Å². The quantitative estimate of drug-likeness (QED) is 0.797. The topological polar surface area (TPSA) is 43.2 Å². The third-order valence-corrected chi connectivity index (χ3v) is 4.59. The summed E-state index contributed by atoms with van der Waals surface area (Å²) in [6.45, 7) is 1.78. The lowest BCUT2D eigenvalue weighted by molar-refractivity contribution is -0.133. The molecule has 2 unspecified atom stereocenters. The summed E-state index contributed by atoms with van der Waals surface area (Å²) in [7, 11) is 1.87. The van der Waals surface area contributed by atoms with Crippen LogP contribution in [0.5, 0.6) is 0 Å². The molecule has 0 N–H and O–H groups in total. The van der Waals surface area contributed by atoms with E-state index in [9.17, 15) is 0 Å². The minimum Gasteiger partial charge on any atom is -0.371 e. The summed E-state index contributed by atoms with van der Waals surface area (Å²) in [6, 6.07) is 1.92.